The fourth-order valence-electron chi connectivity index (χ4n) is 3.89. The molecule has 0 spiro atoms. The number of nitrogens with one attached hydrogen (secondary N) is 1. The first-order valence-corrected chi connectivity index (χ1v) is 10.2. The Bertz CT molecular complexity index is 645. The molecule has 2 rings (SSSR count). The molecule has 0 bridgehead atoms. The number of benzene rings is 1. The first kappa shape index (κ1) is 24.7. The van der Waals surface area contributed by atoms with Crippen molar-refractivity contribution in [2.75, 3.05) is 32.8 Å². The Balaban J connectivity index is 0.00000392. The van der Waals surface area contributed by atoms with Crippen LogP contribution in [0.15, 0.2) is 17.1 Å². The van der Waals surface area contributed by atoms with Crippen LogP contribution in [0.4, 0.5) is 0 Å². The zero-order valence-corrected chi connectivity index (χ0v) is 20.3. The van der Waals surface area contributed by atoms with Crippen molar-refractivity contribution in [3.8, 4) is 0 Å². The van der Waals surface area contributed by atoms with E-state index in [2.05, 4.69) is 50.0 Å². The lowest BCUT2D eigenvalue weighted by Gasteiger charge is -2.33. The van der Waals surface area contributed by atoms with Gasteiger partial charge in [-0.25, -0.2) is 0 Å². The van der Waals surface area contributed by atoms with Gasteiger partial charge in [0.1, 0.15) is 0 Å². The third-order valence-electron chi connectivity index (χ3n) is 5.21. The van der Waals surface area contributed by atoms with Crippen molar-refractivity contribution in [1.82, 2.24) is 10.2 Å². The summed E-state index contributed by atoms with van der Waals surface area (Å²) in [4.78, 5) is 19.1. The first-order valence-electron chi connectivity index (χ1n) is 10.2. The minimum Gasteiger partial charge on any atom is -0.466 e. The van der Waals surface area contributed by atoms with Gasteiger partial charge in [0.15, 0.2) is 5.96 Å². The predicted octanol–water partition coefficient (Wildman–Crippen LogP) is 4.01. The minimum absolute atomic E-state index is 0. The molecular weight excluding hydrogens is 465 g/mol. The fourth-order valence-corrected chi connectivity index (χ4v) is 3.89. The molecule has 1 saturated heterocycles. The Hall–Kier alpha value is -1.31. The van der Waals surface area contributed by atoms with Gasteiger partial charge in [-0.1, -0.05) is 17.7 Å². The lowest BCUT2D eigenvalue weighted by atomic mass is 9.97. The summed E-state index contributed by atoms with van der Waals surface area (Å²) in [5.41, 5.74) is 5.42. The van der Waals surface area contributed by atoms with Crippen LogP contribution in [0.1, 0.15) is 48.9 Å². The highest BCUT2D eigenvalue weighted by molar-refractivity contribution is 14.0. The monoisotopic (exact) mass is 501 g/mol. The second kappa shape index (κ2) is 12.3. The lowest BCUT2D eigenvalue weighted by molar-refractivity contribution is -0.149. The van der Waals surface area contributed by atoms with E-state index in [4.69, 9.17) is 9.73 Å². The summed E-state index contributed by atoms with van der Waals surface area (Å²) in [5.74, 6) is 0.938. The standard InChI is InChI=1S/C22H35N3O2.HI/c1-6-23-22(25-12-9-19(10-13-25)21(26)27-7-2)24-11-8-20-17(4)14-16(3)15-18(20)5;/h14-15,19H,6-13H2,1-5H3,(H,23,24);1H. The molecule has 1 aromatic rings. The van der Waals surface area contributed by atoms with E-state index in [-0.39, 0.29) is 35.9 Å². The van der Waals surface area contributed by atoms with Crippen LogP contribution < -0.4 is 5.32 Å². The summed E-state index contributed by atoms with van der Waals surface area (Å²) in [7, 11) is 0. The van der Waals surface area contributed by atoms with E-state index in [0.29, 0.717) is 6.61 Å². The topological polar surface area (TPSA) is 53.9 Å². The number of aliphatic imine (C=N–C) groups is 1. The number of rotatable bonds is 6. The van der Waals surface area contributed by atoms with E-state index < -0.39 is 0 Å². The van der Waals surface area contributed by atoms with Gasteiger partial charge in [-0.2, -0.15) is 0 Å². The molecule has 0 saturated carbocycles. The van der Waals surface area contributed by atoms with E-state index in [9.17, 15) is 4.79 Å². The van der Waals surface area contributed by atoms with Gasteiger partial charge in [0, 0.05) is 26.2 Å². The number of aryl methyl sites for hydroxylation is 3. The van der Waals surface area contributed by atoms with Gasteiger partial charge < -0.3 is 15.0 Å². The molecule has 1 aromatic carbocycles. The van der Waals surface area contributed by atoms with Crippen molar-refractivity contribution in [3.63, 3.8) is 0 Å². The molecule has 6 heteroatoms. The third kappa shape index (κ3) is 6.94. The third-order valence-corrected chi connectivity index (χ3v) is 5.21. The SMILES string of the molecule is CCNC(=NCCc1c(C)cc(C)cc1C)N1CCC(C(=O)OCC)CC1.I. The Labute approximate surface area is 187 Å². The van der Waals surface area contributed by atoms with Crippen molar-refractivity contribution in [2.24, 2.45) is 10.9 Å². The summed E-state index contributed by atoms with van der Waals surface area (Å²) in [6.45, 7) is 14.2. The number of carbonyl (C=O) groups is 1. The normalized spacial score (nSPS) is 15.2. The predicted molar refractivity (Wildman–Crippen MR) is 127 cm³/mol. The number of carbonyl (C=O) groups excluding carboxylic acids is 1. The van der Waals surface area contributed by atoms with Crippen LogP contribution in [0.25, 0.3) is 0 Å². The second-order valence-corrected chi connectivity index (χ2v) is 7.38. The largest absolute Gasteiger partial charge is 0.466 e. The number of halogens is 1. The first-order chi connectivity index (χ1) is 13.0. The molecule has 0 unspecified atom stereocenters. The lowest BCUT2D eigenvalue weighted by Crippen LogP contribution is -2.46. The van der Waals surface area contributed by atoms with Crippen LogP contribution in [0.3, 0.4) is 0 Å². The molecule has 5 nitrogen and oxygen atoms in total. The summed E-state index contributed by atoms with van der Waals surface area (Å²) in [6, 6.07) is 4.49. The van der Waals surface area contributed by atoms with E-state index in [1.54, 1.807) is 0 Å². The number of nitrogens with zero attached hydrogens (tertiary/aromatic N) is 2. The van der Waals surface area contributed by atoms with Gasteiger partial charge in [-0.15, -0.1) is 24.0 Å². The quantitative estimate of drug-likeness (QED) is 0.277. The van der Waals surface area contributed by atoms with E-state index in [1.165, 1.54) is 22.3 Å². The van der Waals surface area contributed by atoms with Gasteiger partial charge in [0.2, 0.25) is 0 Å². The molecule has 0 atom stereocenters. The molecule has 0 aromatic heterocycles. The molecule has 1 N–H and O–H groups in total. The van der Waals surface area contributed by atoms with Crippen molar-refractivity contribution in [1.29, 1.82) is 0 Å². The highest BCUT2D eigenvalue weighted by Crippen LogP contribution is 2.19. The smallest absolute Gasteiger partial charge is 0.309 e. The molecule has 1 aliphatic rings. The van der Waals surface area contributed by atoms with Crippen LogP contribution in [0, 0.1) is 26.7 Å². The van der Waals surface area contributed by atoms with Gasteiger partial charge >= 0.3 is 5.97 Å². The number of hydrogen-bond donors (Lipinski definition) is 1. The fraction of sp³-hybridized carbons (Fsp3) is 0.636. The molecular formula is C22H36IN3O2. The maximum atomic E-state index is 11.9. The Morgan fingerprint density at radius 1 is 1.18 bits per heavy atom. The Kier molecular flexibility index (Phi) is 10.9. The van der Waals surface area contributed by atoms with Crippen molar-refractivity contribution < 1.29 is 9.53 Å². The molecule has 1 aliphatic heterocycles. The van der Waals surface area contributed by atoms with Gasteiger partial charge in [0.05, 0.1) is 12.5 Å². The number of esters is 1. The molecule has 0 aliphatic carbocycles. The zero-order valence-electron chi connectivity index (χ0n) is 18.0. The second-order valence-electron chi connectivity index (χ2n) is 7.38. The van der Waals surface area contributed by atoms with Crippen LogP contribution in [-0.2, 0) is 16.0 Å². The van der Waals surface area contributed by atoms with Crippen LogP contribution in [0.2, 0.25) is 0 Å². The number of guanidine groups is 1. The molecule has 1 heterocycles. The van der Waals surface area contributed by atoms with Gasteiger partial charge in [-0.05, 0) is 70.6 Å². The highest BCUT2D eigenvalue weighted by Gasteiger charge is 2.27. The summed E-state index contributed by atoms with van der Waals surface area (Å²) in [5, 5.41) is 3.41. The molecule has 0 radical (unpaired) electrons. The number of likely N-dealkylation sites (tertiary alicyclic amines) is 1. The zero-order chi connectivity index (χ0) is 19.8. The average molecular weight is 501 g/mol. The number of hydrogen-bond acceptors (Lipinski definition) is 3. The summed E-state index contributed by atoms with van der Waals surface area (Å²) >= 11 is 0. The molecule has 158 valence electrons. The molecule has 0 amide bonds. The maximum Gasteiger partial charge on any atom is 0.309 e. The van der Waals surface area contributed by atoms with Crippen molar-refractivity contribution >= 4 is 35.9 Å². The van der Waals surface area contributed by atoms with E-state index in [0.717, 1.165) is 51.4 Å². The van der Waals surface area contributed by atoms with Gasteiger partial charge in [-0.3, -0.25) is 9.79 Å². The van der Waals surface area contributed by atoms with Crippen LogP contribution in [-0.4, -0.2) is 49.6 Å². The minimum atomic E-state index is -0.0515. The number of ether oxygens (including phenoxy) is 1. The highest BCUT2D eigenvalue weighted by atomic mass is 127. The molecule has 1 fully saturated rings. The number of piperidine rings is 1. The maximum absolute atomic E-state index is 11.9. The van der Waals surface area contributed by atoms with Crippen molar-refractivity contribution in [2.45, 2.75) is 53.9 Å². The van der Waals surface area contributed by atoms with Crippen molar-refractivity contribution in [3.05, 3.63) is 34.4 Å². The van der Waals surface area contributed by atoms with Crippen LogP contribution >= 0.6 is 24.0 Å². The van der Waals surface area contributed by atoms with Gasteiger partial charge in [0.25, 0.3) is 0 Å². The summed E-state index contributed by atoms with van der Waals surface area (Å²) in [6.07, 6.45) is 2.62. The van der Waals surface area contributed by atoms with E-state index >= 15 is 0 Å². The Morgan fingerprint density at radius 3 is 2.32 bits per heavy atom. The van der Waals surface area contributed by atoms with E-state index in [1.807, 2.05) is 6.92 Å². The Morgan fingerprint density at radius 2 is 1.79 bits per heavy atom. The van der Waals surface area contributed by atoms with Crippen LogP contribution in [0.5, 0.6) is 0 Å². The molecule has 28 heavy (non-hydrogen) atoms. The average Bonchev–Trinajstić information content (AvgIpc) is 2.63. The summed E-state index contributed by atoms with van der Waals surface area (Å²) < 4.78 is 5.17.